The monoisotopic (exact) mass is 254 g/mol. The number of carbonyl (C=O) groups excluding carboxylic acids is 1. The lowest BCUT2D eigenvalue weighted by Crippen LogP contribution is -2.25. The third-order valence-corrected chi connectivity index (χ3v) is 6.30. The predicted octanol–water partition coefficient (Wildman–Crippen LogP) is -3.11. The van der Waals surface area contributed by atoms with Crippen LogP contribution in [0, 0.1) is 0 Å². The summed E-state index contributed by atoms with van der Waals surface area (Å²) in [6.45, 7) is 5.07. The van der Waals surface area contributed by atoms with Crippen molar-refractivity contribution in [3.63, 3.8) is 0 Å². The van der Waals surface area contributed by atoms with Gasteiger partial charge >= 0.3 is 15.3 Å². The summed E-state index contributed by atoms with van der Waals surface area (Å²) >= 11 is 0. The van der Waals surface area contributed by atoms with E-state index in [1.165, 1.54) is 0 Å². The molecule has 0 aromatic heterocycles. The molecule has 0 bridgehead atoms. The second-order valence-electron chi connectivity index (χ2n) is 2.10. The fourth-order valence-corrected chi connectivity index (χ4v) is 5.66. The highest BCUT2D eigenvalue weighted by molar-refractivity contribution is 6.53. The summed E-state index contributed by atoms with van der Waals surface area (Å²) in [7, 11) is -2.89. The Morgan fingerprint density at radius 1 is 1.62 bits per heavy atom. The normalized spacial score (nSPS) is 14.2. The quantitative estimate of drug-likeness (QED) is 0.274. The first-order valence-electron chi connectivity index (χ1n) is 3.72. The van der Waals surface area contributed by atoms with E-state index in [2.05, 4.69) is 6.58 Å². The molecule has 0 aromatic carbocycles. The van der Waals surface area contributed by atoms with E-state index >= 15 is 0 Å². The summed E-state index contributed by atoms with van der Waals surface area (Å²) < 4.78 is 20.2. The van der Waals surface area contributed by atoms with Crippen molar-refractivity contribution >= 4 is 45.8 Å². The molecule has 0 rings (SSSR count). The zero-order valence-electron chi connectivity index (χ0n) is 7.82. The topological polar surface area (TPSA) is 54.0 Å². The van der Waals surface area contributed by atoms with E-state index < -0.39 is 35.3 Å². The van der Waals surface area contributed by atoms with Gasteiger partial charge in [-0.2, -0.15) is 0 Å². The maximum absolute atomic E-state index is 10.7. The third kappa shape index (κ3) is 8.29. The van der Waals surface area contributed by atoms with Crippen LogP contribution in [0.1, 0.15) is 0 Å². The smallest absolute Gasteiger partial charge is 0.373 e. The summed E-state index contributed by atoms with van der Waals surface area (Å²) in [5.41, 5.74) is 0. The highest BCUT2D eigenvalue weighted by Crippen LogP contribution is 1.89. The minimum absolute atomic E-state index is 0.426. The van der Waals surface area contributed by atoms with E-state index in [9.17, 15) is 4.79 Å². The van der Waals surface area contributed by atoms with Crippen molar-refractivity contribution in [2.75, 3.05) is 0 Å². The van der Waals surface area contributed by atoms with Gasteiger partial charge in [0.25, 0.3) is 20.0 Å². The Bertz CT molecular complexity index is 165. The molecule has 0 aliphatic carbocycles. The highest BCUT2D eigenvalue weighted by atomic mass is 28.4. The standard InChI is InChI=1S/C4H14O5Si4/c1-3-4(5)6-13(2)9-12-8-11-7-10/h3,13H,1,11-12H2,2,10H3. The van der Waals surface area contributed by atoms with Crippen LogP contribution in [0.25, 0.3) is 0 Å². The molecule has 0 saturated heterocycles. The lowest BCUT2D eigenvalue weighted by Gasteiger charge is -2.11. The molecule has 0 heterocycles. The van der Waals surface area contributed by atoms with Crippen LogP contribution in [-0.4, -0.2) is 45.8 Å². The van der Waals surface area contributed by atoms with Gasteiger partial charge in [-0.3, -0.25) is 0 Å². The first-order chi connectivity index (χ1) is 6.20. The molecule has 76 valence electrons. The van der Waals surface area contributed by atoms with E-state index in [1.54, 1.807) is 6.55 Å². The Hall–Kier alpha value is -0.0425. The number of carbonyl (C=O) groups is 1. The summed E-state index contributed by atoms with van der Waals surface area (Å²) in [4.78, 5) is 10.7. The van der Waals surface area contributed by atoms with Crippen LogP contribution in [0.4, 0.5) is 0 Å². The van der Waals surface area contributed by atoms with E-state index in [1.807, 2.05) is 0 Å². The Morgan fingerprint density at radius 2 is 2.31 bits per heavy atom. The van der Waals surface area contributed by atoms with Crippen LogP contribution < -0.4 is 0 Å². The molecule has 9 heteroatoms. The van der Waals surface area contributed by atoms with Gasteiger partial charge in [-0.25, -0.2) is 4.79 Å². The van der Waals surface area contributed by atoms with Crippen LogP contribution in [-0.2, 0) is 21.6 Å². The molecule has 0 radical (unpaired) electrons. The Kier molecular flexibility index (Phi) is 8.52. The molecule has 13 heavy (non-hydrogen) atoms. The van der Waals surface area contributed by atoms with Gasteiger partial charge in [0.1, 0.15) is 10.5 Å². The number of hydrogen-bond donors (Lipinski definition) is 0. The Balaban J connectivity index is 3.34. The molecular weight excluding hydrogens is 240 g/mol. The first-order valence-corrected chi connectivity index (χ1v) is 8.94. The van der Waals surface area contributed by atoms with Crippen molar-refractivity contribution in [2.45, 2.75) is 6.55 Å². The van der Waals surface area contributed by atoms with Crippen LogP contribution in [0.15, 0.2) is 12.7 Å². The zero-order valence-corrected chi connectivity index (χ0v) is 13.8. The van der Waals surface area contributed by atoms with Gasteiger partial charge in [-0.15, -0.1) is 0 Å². The molecule has 0 aliphatic rings. The molecule has 0 N–H and O–H groups in total. The maximum atomic E-state index is 10.7. The molecule has 0 spiro atoms. The molecular formula is C4H14O5Si4. The molecule has 0 saturated carbocycles. The van der Waals surface area contributed by atoms with Gasteiger partial charge < -0.3 is 16.8 Å². The fraction of sp³-hybridized carbons (Fsp3) is 0.250. The van der Waals surface area contributed by atoms with E-state index in [0.29, 0.717) is 10.5 Å². The second kappa shape index (κ2) is 8.55. The first kappa shape index (κ1) is 13.0. The predicted molar refractivity (Wildman–Crippen MR) is 59.6 cm³/mol. The zero-order chi connectivity index (χ0) is 10.1. The highest BCUT2D eigenvalue weighted by Gasteiger charge is 2.09. The summed E-state index contributed by atoms with van der Waals surface area (Å²) in [5.74, 6) is -0.426. The van der Waals surface area contributed by atoms with Crippen molar-refractivity contribution < 1.29 is 21.6 Å². The average Bonchev–Trinajstić information content (AvgIpc) is 2.12. The van der Waals surface area contributed by atoms with E-state index in [-0.39, 0.29) is 0 Å². The SMILES string of the molecule is C=CC(=O)O[SiH](C)O[SiH2]O[SiH2]O[SiH3]. The van der Waals surface area contributed by atoms with E-state index in [0.717, 1.165) is 6.08 Å². The van der Waals surface area contributed by atoms with Gasteiger partial charge in [0.15, 0.2) is 0 Å². The summed E-state index contributed by atoms with van der Waals surface area (Å²) in [5, 5.41) is 0. The third-order valence-electron chi connectivity index (χ3n) is 1.04. The molecule has 1 atom stereocenters. The van der Waals surface area contributed by atoms with Crippen molar-refractivity contribution in [2.24, 2.45) is 0 Å². The number of rotatable bonds is 7. The largest absolute Gasteiger partial charge is 0.494 e. The van der Waals surface area contributed by atoms with Crippen molar-refractivity contribution in [1.82, 2.24) is 0 Å². The van der Waals surface area contributed by atoms with Crippen LogP contribution in [0.3, 0.4) is 0 Å². The van der Waals surface area contributed by atoms with Crippen molar-refractivity contribution in [3.8, 4) is 0 Å². The van der Waals surface area contributed by atoms with Crippen molar-refractivity contribution in [3.05, 3.63) is 12.7 Å². The average molecular weight is 254 g/mol. The molecule has 0 aromatic rings. The molecule has 0 amide bonds. The molecule has 1 unspecified atom stereocenters. The minimum Gasteiger partial charge on any atom is -0.494 e. The van der Waals surface area contributed by atoms with E-state index in [4.69, 9.17) is 16.8 Å². The lowest BCUT2D eigenvalue weighted by molar-refractivity contribution is -0.130. The van der Waals surface area contributed by atoms with Crippen LogP contribution in [0.2, 0.25) is 6.55 Å². The van der Waals surface area contributed by atoms with Gasteiger partial charge in [0.05, 0.1) is 0 Å². The lowest BCUT2D eigenvalue weighted by atomic mass is 10.7. The molecule has 0 fully saturated rings. The minimum atomic E-state index is -1.83. The van der Waals surface area contributed by atoms with Gasteiger partial charge in [0, 0.05) is 6.08 Å². The van der Waals surface area contributed by atoms with Gasteiger partial charge in [-0.1, -0.05) is 6.58 Å². The summed E-state index contributed by atoms with van der Waals surface area (Å²) in [6.07, 6.45) is 1.13. The maximum Gasteiger partial charge on any atom is 0.373 e. The Morgan fingerprint density at radius 3 is 2.85 bits per heavy atom. The van der Waals surface area contributed by atoms with Gasteiger partial charge in [-0.05, 0) is 6.55 Å². The van der Waals surface area contributed by atoms with Crippen LogP contribution >= 0.6 is 0 Å². The molecule has 0 aliphatic heterocycles. The number of hydrogen-bond acceptors (Lipinski definition) is 5. The second-order valence-corrected chi connectivity index (χ2v) is 9.22. The van der Waals surface area contributed by atoms with Gasteiger partial charge in [0.2, 0.25) is 0 Å². The fourth-order valence-electron chi connectivity index (χ4n) is 0.507. The van der Waals surface area contributed by atoms with Crippen LogP contribution in [0.5, 0.6) is 0 Å². The Labute approximate surface area is 86.9 Å². The summed E-state index contributed by atoms with van der Waals surface area (Å²) in [6, 6.07) is 0. The van der Waals surface area contributed by atoms with Crippen molar-refractivity contribution in [1.29, 1.82) is 0 Å². The molecule has 5 nitrogen and oxygen atoms in total.